The summed E-state index contributed by atoms with van der Waals surface area (Å²) in [6, 6.07) is 0. The zero-order valence-corrected chi connectivity index (χ0v) is 9.36. The van der Waals surface area contributed by atoms with Crippen molar-refractivity contribution in [3.63, 3.8) is 0 Å². The van der Waals surface area contributed by atoms with E-state index in [0.29, 0.717) is 12.3 Å². The molecule has 1 fully saturated rings. The third-order valence-corrected chi connectivity index (χ3v) is 2.32. The van der Waals surface area contributed by atoms with Crippen LogP contribution in [0.4, 0.5) is 0 Å². The Bertz CT molecular complexity index is 217. The van der Waals surface area contributed by atoms with Crippen molar-refractivity contribution in [3.05, 3.63) is 0 Å². The smallest absolute Gasteiger partial charge is 0.340 e. The average molecular weight is 214 g/mol. The maximum atomic E-state index is 11.4. The van der Waals surface area contributed by atoms with Crippen molar-refractivity contribution in [1.82, 2.24) is 9.80 Å². The van der Waals surface area contributed by atoms with Crippen molar-refractivity contribution in [2.75, 3.05) is 33.2 Å². The van der Waals surface area contributed by atoms with E-state index in [4.69, 9.17) is 9.59 Å². The van der Waals surface area contributed by atoms with Crippen LogP contribution in [0, 0.1) is 0 Å². The molecule has 5 nitrogen and oxygen atoms in total. The van der Waals surface area contributed by atoms with Crippen LogP contribution in [0.1, 0.15) is 19.8 Å². The van der Waals surface area contributed by atoms with Gasteiger partial charge >= 0.3 is 6.15 Å². The number of carbonyl (C=O) groups is 1. The Morgan fingerprint density at radius 2 is 1.67 bits per heavy atom. The highest BCUT2D eigenvalue weighted by Crippen LogP contribution is 2.02. The fraction of sp³-hybridized carbons (Fsp3) is 0.800. The lowest BCUT2D eigenvalue weighted by Gasteiger charge is -2.32. The summed E-state index contributed by atoms with van der Waals surface area (Å²) in [5.41, 5.74) is 0. The summed E-state index contributed by atoms with van der Waals surface area (Å²) in [6.45, 7) is 5.92. The molecule has 1 amide bonds. The maximum absolute atomic E-state index is 11.4. The third kappa shape index (κ3) is 5.99. The lowest BCUT2D eigenvalue weighted by Crippen LogP contribution is -2.47. The van der Waals surface area contributed by atoms with Gasteiger partial charge in [0.25, 0.3) is 0 Å². The molecule has 0 N–H and O–H groups in total. The fourth-order valence-corrected chi connectivity index (χ4v) is 1.43. The molecule has 1 aliphatic rings. The van der Waals surface area contributed by atoms with E-state index in [1.54, 1.807) is 0 Å². The van der Waals surface area contributed by atoms with Crippen LogP contribution in [0.2, 0.25) is 0 Å². The molecule has 0 atom stereocenters. The van der Waals surface area contributed by atoms with E-state index in [9.17, 15) is 4.79 Å². The first-order valence-corrected chi connectivity index (χ1v) is 5.11. The van der Waals surface area contributed by atoms with Gasteiger partial charge in [0.05, 0.1) is 0 Å². The summed E-state index contributed by atoms with van der Waals surface area (Å²) in [4.78, 5) is 31.9. The van der Waals surface area contributed by atoms with Crippen LogP contribution in [0.15, 0.2) is 0 Å². The van der Waals surface area contributed by atoms with Gasteiger partial charge in [-0.3, -0.25) is 4.79 Å². The molecule has 0 unspecified atom stereocenters. The first-order chi connectivity index (χ1) is 7.15. The van der Waals surface area contributed by atoms with Crippen molar-refractivity contribution in [2.45, 2.75) is 19.8 Å². The van der Waals surface area contributed by atoms with Gasteiger partial charge in [0.15, 0.2) is 0 Å². The van der Waals surface area contributed by atoms with Crippen LogP contribution in [0.3, 0.4) is 0 Å². The molecule has 15 heavy (non-hydrogen) atoms. The lowest BCUT2D eigenvalue weighted by molar-refractivity contribution is -0.191. The minimum absolute atomic E-state index is 0.250. The van der Waals surface area contributed by atoms with Gasteiger partial charge in [-0.15, -0.1) is 0 Å². The molecule has 0 spiro atoms. The highest BCUT2D eigenvalue weighted by atomic mass is 16.2. The number of carbonyl (C=O) groups excluding carboxylic acids is 3. The molecule has 0 aromatic carbocycles. The van der Waals surface area contributed by atoms with Gasteiger partial charge in [-0.05, 0) is 13.5 Å². The van der Waals surface area contributed by atoms with Crippen LogP contribution in [-0.4, -0.2) is 55.1 Å². The summed E-state index contributed by atoms with van der Waals surface area (Å²) in [7, 11) is 2.10. The molecule has 0 aromatic heterocycles. The van der Waals surface area contributed by atoms with Gasteiger partial charge in [0.2, 0.25) is 5.91 Å². The number of likely N-dealkylation sites (N-methyl/N-ethyl adjacent to an activating group) is 1. The summed E-state index contributed by atoms with van der Waals surface area (Å²) in [5.74, 6) is 0.325. The van der Waals surface area contributed by atoms with Gasteiger partial charge in [-0.2, -0.15) is 9.59 Å². The second-order valence-corrected chi connectivity index (χ2v) is 3.52. The van der Waals surface area contributed by atoms with Crippen LogP contribution in [0.25, 0.3) is 0 Å². The van der Waals surface area contributed by atoms with Gasteiger partial charge in [-0.1, -0.05) is 6.92 Å². The molecule has 1 saturated heterocycles. The number of hydrogen-bond acceptors (Lipinski definition) is 4. The largest absolute Gasteiger partial charge is 0.373 e. The van der Waals surface area contributed by atoms with E-state index >= 15 is 0 Å². The monoisotopic (exact) mass is 214 g/mol. The van der Waals surface area contributed by atoms with E-state index in [1.165, 1.54) is 0 Å². The van der Waals surface area contributed by atoms with Crippen molar-refractivity contribution in [2.24, 2.45) is 0 Å². The molecule has 0 aliphatic carbocycles. The van der Waals surface area contributed by atoms with Crippen LogP contribution in [0.5, 0.6) is 0 Å². The van der Waals surface area contributed by atoms with E-state index in [2.05, 4.69) is 11.9 Å². The fourth-order valence-electron chi connectivity index (χ4n) is 1.43. The van der Waals surface area contributed by atoms with Crippen LogP contribution < -0.4 is 0 Å². The first kappa shape index (κ1) is 13.8. The highest BCUT2D eigenvalue weighted by Gasteiger charge is 2.17. The molecule has 1 heterocycles. The molecule has 1 aliphatic heterocycles. The molecule has 0 saturated carbocycles. The lowest BCUT2D eigenvalue weighted by atomic mass is 10.2. The summed E-state index contributed by atoms with van der Waals surface area (Å²) in [6.07, 6.45) is 1.93. The van der Waals surface area contributed by atoms with E-state index in [-0.39, 0.29) is 6.15 Å². The minimum Gasteiger partial charge on any atom is -0.340 e. The van der Waals surface area contributed by atoms with Crippen LogP contribution in [-0.2, 0) is 14.4 Å². The highest BCUT2D eigenvalue weighted by molar-refractivity contribution is 5.76. The normalized spacial score (nSPS) is 16.3. The molecule has 0 aromatic rings. The Morgan fingerprint density at radius 1 is 1.20 bits per heavy atom. The predicted molar refractivity (Wildman–Crippen MR) is 54.0 cm³/mol. The van der Waals surface area contributed by atoms with Crippen LogP contribution >= 0.6 is 0 Å². The molecule has 86 valence electrons. The molecule has 0 bridgehead atoms. The number of amides is 1. The second-order valence-electron chi connectivity index (χ2n) is 3.52. The second kappa shape index (κ2) is 8.15. The first-order valence-electron chi connectivity index (χ1n) is 5.11. The molecule has 0 radical (unpaired) electrons. The Balaban J connectivity index is 0.000000583. The third-order valence-electron chi connectivity index (χ3n) is 2.32. The summed E-state index contributed by atoms with van der Waals surface area (Å²) < 4.78 is 0. The van der Waals surface area contributed by atoms with Crippen molar-refractivity contribution in [1.29, 1.82) is 0 Å². The standard InChI is InChI=1S/C9H18N2O.CO2/c1-3-4-9(12)11-7-5-10(2)6-8-11;2-1-3/h3-8H2,1-2H3;. The quantitative estimate of drug-likeness (QED) is 0.648. The van der Waals surface area contributed by atoms with Gasteiger partial charge in [0, 0.05) is 32.6 Å². The van der Waals surface area contributed by atoms with E-state index in [1.807, 2.05) is 11.8 Å². The SMILES string of the molecule is CCCC(=O)N1CCN(C)CC1.O=C=O. The van der Waals surface area contributed by atoms with E-state index in [0.717, 1.165) is 32.6 Å². The van der Waals surface area contributed by atoms with Gasteiger partial charge in [0.1, 0.15) is 0 Å². The minimum atomic E-state index is 0.250. The number of rotatable bonds is 2. The predicted octanol–water partition coefficient (Wildman–Crippen LogP) is -0.0230. The Hall–Kier alpha value is -1.19. The zero-order valence-electron chi connectivity index (χ0n) is 9.36. The number of nitrogens with zero attached hydrogens (tertiary/aromatic N) is 2. The molecular weight excluding hydrogens is 196 g/mol. The van der Waals surface area contributed by atoms with Crippen molar-refractivity contribution >= 4 is 12.1 Å². The molecular formula is C10H18N2O3. The van der Waals surface area contributed by atoms with Crippen molar-refractivity contribution in [3.8, 4) is 0 Å². The number of hydrogen-bond donors (Lipinski definition) is 0. The number of piperazine rings is 1. The van der Waals surface area contributed by atoms with E-state index < -0.39 is 0 Å². The topological polar surface area (TPSA) is 57.7 Å². The average Bonchev–Trinajstić information content (AvgIpc) is 2.20. The maximum Gasteiger partial charge on any atom is 0.373 e. The molecule has 5 heteroatoms. The zero-order chi connectivity index (χ0) is 11.7. The van der Waals surface area contributed by atoms with Gasteiger partial charge in [-0.25, -0.2) is 0 Å². The Labute approximate surface area is 90.0 Å². The summed E-state index contributed by atoms with van der Waals surface area (Å²) >= 11 is 0. The Kier molecular flexibility index (Phi) is 7.50. The van der Waals surface area contributed by atoms with Crippen molar-refractivity contribution < 1.29 is 14.4 Å². The molecule has 1 rings (SSSR count). The summed E-state index contributed by atoms with van der Waals surface area (Å²) in [5, 5.41) is 0. The Morgan fingerprint density at radius 3 is 2.07 bits per heavy atom. The van der Waals surface area contributed by atoms with Gasteiger partial charge < -0.3 is 9.80 Å².